The molecule has 1 saturated heterocycles. The molecule has 0 atom stereocenters. The number of hydrogen-bond acceptors (Lipinski definition) is 5. The summed E-state index contributed by atoms with van der Waals surface area (Å²) in [7, 11) is 1.80. The second-order valence-corrected chi connectivity index (χ2v) is 8.58. The zero-order chi connectivity index (χ0) is 20.5. The highest BCUT2D eigenvalue weighted by atomic mass is 127. The number of aliphatic imine (C=N–C) groups is 1. The Morgan fingerprint density at radius 2 is 1.63 bits per heavy atom. The van der Waals surface area contributed by atoms with E-state index in [2.05, 4.69) is 68.5 Å². The Hall–Kier alpha value is -1.23. The van der Waals surface area contributed by atoms with Gasteiger partial charge in [-0.1, -0.05) is 38.1 Å². The van der Waals surface area contributed by atoms with Crippen molar-refractivity contribution in [1.29, 1.82) is 0 Å². The molecule has 1 aliphatic heterocycles. The van der Waals surface area contributed by atoms with Crippen molar-refractivity contribution in [2.45, 2.75) is 39.9 Å². The summed E-state index contributed by atoms with van der Waals surface area (Å²) in [6.45, 7) is 12.8. The predicted octanol–water partition coefficient (Wildman–Crippen LogP) is 3.33. The molecule has 0 saturated carbocycles. The van der Waals surface area contributed by atoms with Gasteiger partial charge in [0.25, 0.3) is 0 Å². The van der Waals surface area contributed by atoms with Crippen molar-refractivity contribution < 1.29 is 0 Å². The molecule has 30 heavy (non-hydrogen) atoms. The molecule has 0 aliphatic carbocycles. The highest BCUT2D eigenvalue weighted by molar-refractivity contribution is 14.0. The van der Waals surface area contributed by atoms with Crippen LogP contribution in [0.5, 0.6) is 0 Å². The van der Waals surface area contributed by atoms with Gasteiger partial charge in [0, 0.05) is 57.4 Å². The number of nitrogens with zero attached hydrogens (tertiary/aromatic N) is 4. The molecule has 8 heteroatoms. The molecule has 2 aromatic rings. The third kappa shape index (κ3) is 7.79. The number of aromatic nitrogens is 1. The Morgan fingerprint density at radius 1 is 1.00 bits per heavy atom. The lowest BCUT2D eigenvalue weighted by atomic mass is 10.1. The zero-order valence-electron chi connectivity index (χ0n) is 18.4. The third-order valence-corrected chi connectivity index (χ3v) is 6.52. The Kier molecular flexibility index (Phi) is 11.0. The molecule has 3 rings (SSSR count). The first-order chi connectivity index (χ1) is 14.2. The molecule has 2 heterocycles. The van der Waals surface area contributed by atoms with Gasteiger partial charge < -0.3 is 15.5 Å². The number of aryl methyl sites for hydroxylation is 1. The van der Waals surface area contributed by atoms with E-state index < -0.39 is 0 Å². The maximum absolute atomic E-state index is 4.44. The van der Waals surface area contributed by atoms with E-state index in [1.54, 1.807) is 18.4 Å². The van der Waals surface area contributed by atoms with Gasteiger partial charge >= 0.3 is 0 Å². The number of nitrogens with one attached hydrogen (secondary N) is 2. The Morgan fingerprint density at radius 3 is 2.23 bits per heavy atom. The van der Waals surface area contributed by atoms with E-state index in [-0.39, 0.29) is 24.0 Å². The van der Waals surface area contributed by atoms with Crippen molar-refractivity contribution in [3.8, 4) is 0 Å². The highest BCUT2D eigenvalue weighted by Crippen LogP contribution is 2.13. The van der Waals surface area contributed by atoms with E-state index in [4.69, 9.17) is 0 Å². The normalized spacial score (nSPS) is 15.6. The van der Waals surface area contributed by atoms with E-state index >= 15 is 0 Å². The summed E-state index contributed by atoms with van der Waals surface area (Å²) in [4.78, 5) is 15.1. The molecule has 0 radical (unpaired) electrons. The molecule has 2 N–H and O–H groups in total. The van der Waals surface area contributed by atoms with Crippen molar-refractivity contribution in [2.24, 2.45) is 4.99 Å². The molecule has 0 spiro atoms. The summed E-state index contributed by atoms with van der Waals surface area (Å²) >= 11 is 1.75. The van der Waals surface area contributed by atoms with Crippen LogP contribution in [0.3, 0.4) is 0 Å². The smallest absolute Gasteiger partial charge is 0.191 e. The molecule has 166 valence electrons. The summed E-state index contributed by atoms with van der Waals surface area (Å²) in [6.07, 6.45) is 3.00. The Balaban J connectivity index is 0.00000320. The van der Waals surface area contributed by atoms with Crippen LogP contribution >= 0.6 is 35.3 Å². The van der Waals surface area contributed by atoms with Gasteiger partial charge in [0.05, 0.1) is 6.54 Å². The third-order valence-electron chi connectivity index (χ3n) is 5.38. The number of guanidine groups is 1. The van der Waals surface area contributed by atoms with Gasteiger partial charge in [0.15, 0.2) is 5.96 Å². The van der Waals surface area contributed by atoms with Crippen LogP contribution in [0.2, 0.25) is 0 Å². The van der Waals surface area contributed by atoms with Crippen molar-refractivity contribution in [3.05, 3.63) is 51.5 Å². The van der Waals surface area contributed by atoms with E-state index in [1.165, 1.54) is 29.1 Å². The van der Waals surface area contributed by atoms with Crippen LogP contribution in [0.25, 0.3) is 0 Å². The lowest BCUT2D eigenvalue weighted by Gasteiger charge is -2.34. The molecule has 6 nitrogen and oxygen atoms in total. The number of halogens is 1. The molecular weight excluding hydrogens is 507 g/mol. The maximum atomic E-state index is 4.44. The van der Waals surface area contributed by atoms with Gasteiger partial charge in [-0.05, 0) is 24.1 Å². The fourth-order valence-electron chi connectivity index (χ4n) is 3.44. The standard InChI is InChI=1S/C22H34N6S.HI/c1-4-20-15-24-21(29-20)16-26-22(23-3)25-14-18-6-8-19(9-7-18)17-28-12-10-27(5-2)11-13-28;/h6-9,15H,4-5,10-14,16-17H2,1-3H3,(H2,23,25,26);1H. The molecule has 1 fully saturated rings. The molecule has 0 unspecified atom stereocenters. The number of thiazole rings is 1. The van der Waals surface area contributed by atoms with Crippen molar-refractivity contribution >= 4 is 41.3 Å². The number of hydrogen-bond donors (Lipinski definition) is 2. The first-order valence-corrected chi connectivity index (χ1v) is 11.4. The minimum absolute atomic E-state index is 0. The number of likely N-dealkylation sites (N-methyl/N-ethyl adjacent to an activating group) is 1. The molecule has 1 aliphatic rings. The average molecular weight is 543 g/mol. The lowest BCUT2D eigenvalue weighted by Crippen LogP contribution is -2.45. The second kappa shape index (κ2) is 13.2. The summed E-state index contributed by atoms with van der Waals surface area (Å²) in [5, 5.41) is 7.82. The molecule has 0 amide bonds. The fraction of sp³-hybridized carbons (Fsp3) is 0.545. The van der Waals surface area contributed by atoms with Crippen LogP contribution in [0.4, 0.5) is 0 Å². The number of benzene rings is 1. The zero-order valence-corrected chi connectivity index (χ0v) is 21.5. The van der Waals surface area contributed by atoms with Crippen molar-refractivity contribution in [3.63, 3.8) is 0 Å². The minimum Gasteiger partial charge on any atom is -0.352 e. The fourth-order valence-corrected chi connectivity index (χ4v) is 4.25. The largest absolute Gasteiger partial charge is 0.352 e. The average Bonchev–Trinajstić information content (AvgIpc) is 3.23. The topological polar surface area (TPSA) is 55.8 Å². The predicted molar refractivity (Wildman–Crippen MR) is 138 cm³/mol. The van der Waals surface area contributed by atoms with E-state index in [1.807, 2.05) is 6.20 Å². The van der Waals surface area contributed by atoms with Gasteiger partial charge in [0.1, 0.15) is 5.01 Å². The van der Waals surface area contributed by atoms with E-state index in [0.29, 0.717) is 6.54 Å². The number of rotatable bonds is 8. The quantitative estimate of drug-likeness (QED) is 0.305. The van der Waals surface area contributed by atoms with Crippen molar-refractivity contribution in [2.75, 3.05) is 39.8 Å². The Bertz CT molecular complexity index is 768. The van der Waals surface area contributed by atoms with Gasteiger partial charge in [-0.3, -0.25) is 9.89 Å². The SMILES string of the molecule is CCc1cnc(CNC(=NC)NCc2ccc(CN3CCN(CC)CC3)cc2)s1.I. The van der Waals surface area contributed by atoms with Crippen LogP contribution in [0, 0.1) is 0 Å². The van der Waals surface area contributed by atoms with Gasteiger partial charge in [0.2, 0.25) is 0 Å². The van der Waals surface area contributed by atoms with Crippen LogP contribution in [-0.2, 0) is 26.1 Å². The molecule has 1 aromatic heterocycles. The van der Waals surface area contributed by atoms with Crippen LogP contribution in [0.1, 0.15) is 34.9 Å². The summed E-state index contributed by atoms with van der Waals surface area (Å²) in [5.74, 6) is 0.802. The molecule has 1 aromatic carbocycles. The molecular formula is C22H35IN6S. The van der Waals surface area contributed by atoms with E-state index in [9.17, 15) is 0 Å². The van der Waals surface area contributed by atoms with E-state index in [0.717, 1.165) is 50.1 Å². The van der Waals surface area contributed by atoms with Crippen LogP contribution < -0.4 is 10.6 Å². The first kappa shape index (κ1) is 25.0. The van der Waals surface area contributed by atoms with Crippen molar-refractivity contribution in [1.82, 2.24) is 25.4 Å². The van der Waals surface area contributed by atoms with Gasteiger partial charge in [-0.15, -0.1) is 35.3 Å². The van der Waals surface area contributed by atoms with Crippen LogP contribution in [0.15, 0.2) is 35.5 Å². The first-order valence-electron chi connectivity index (χ1n) is 10.6. The lowest BCUT2D eigenvalue weighted by molar-refractivity contribution is 0.132. The van der Waals surface area contributed by atoms with Gasteiger partial charge in [-0.2, -0.15) is 0 Å². The maximum Gasteiger partial charge on any atom is 0.191 e. The highest BCUT2D eigenvalue weighted by Gasteiger charge is 2.15. The number of piperazine rings is 1. The minimum atomic E-state index is 0. The van der Waals surface area contributed by atoms with Crippen LogP contribution in [-0.4, -0.2) is 60.5 Å². The summed E-state index contributed by atoms with van der Waals surface area (Å²) in [5.41, 5.74) is 2.65. The summed E-state index contributed by atoms with van der Waals surface area (Å²) < 4.78 is 0. The van der Waals surface area contributed by atoms with Gasteiger partial charge in [-0.25, -0.2) is 4.98 Å². The molecule has 0 bridgehead atoms. The monoisotopic (exact) mass is 542 g/mol. The summed E-state index contributed by atoms with van der Waals surface area (Å²) in [6, 6.07) is 8.93. The second-order valence-electron chi connectivity index (χ2n) is 7.38. The Labute approximate surface area is 202 Å².